The minimum atomic E-state index is -0.120. The summed E-state index contributed by atoms with van der Waals surface area (Å²) in [4.78, 5) is 23.6. The molecule has 0 saturated carbocycles. The third-order valence-corrected chi connectivity index (χ3v) is 2.00. The highest BCUT2D eigenvalue weighted by Gasteiger charge is 2.07. The molecule has 1 rings (SSSR count). The molecule has 0 saturated heterocycles. The highest BCUT2D eigenvalue weighted by atomic mass is 16.5. The van der Waals surface area contributed by atoms with Crippen LogP contribution >= 0.6 is 0 Å². The van der Waals surface area contributed by atoms with E-state index in [0.717, 1.165) is 0 Å². The molecule has 1 aromatic heterocycles. The molecule has 0 spiro atoms. The van der Waals surface area contributed by atoms with Crippen molar-refractivity contribution in [3.05, 3.63) is 0 Å². The normalized spacial score (nSPS) is 9.84. The molecule has 106 valence electrons. The molecule has 0 aromatic carbocycles. The van der Waals surface area contributed by atoms with Gasteiger partial charge >= 0.3 is 6.01 Å². The van der Waals surface area contributed by atoms with Crippen molar-refractivity contribution in [3.8, 4) is 6.01 Å². The zero-order valence-electron chi connectivity index (χ0n) is 11.5. The van der Waals surface area contributed by atoms with Crippen LogP contribution in [0.25, 0.3) is 0 Å². The van der Waals surface area contributed by atoms with Gasteiger partial charge in [-0.1, -0.05) is 0 Å². The smallest absolute Gasteiger partial charge is 0.323 e. The molecular formula is C11H20N6O2. The highest BCUT2D eigenvalue weighted by Crippen LogP contribution is 2.10. The molecule has 3 N–H and O–H groups in total. The fourth-order valence-electron chi connectivity index (χ4n) is 1.29. The first-order valence-corrected chi connectivity index (χ1v) is 6.32. The predicted octanol–water partition coefficient (Wildman–Crippen LogP) is 0.250. The first-order valence-electron chi connectivity index (χ1n) is 6.32. The Kier molecular flexibility index (Phi) is 6.34. The summed E-state index contributed by atoms with van der Waals surface area (Å²) in [6.45, 7) is 7.48. The molecule has 1 heterocycles. The van der Waals surface area contributed by atoms with Crippen LogP contribution in [0.5, 0.6) is 6.01 Å². The Hall–Kier alpha value is -2.12. The van der Waals surface area contributed by atoms with E-state index in [4.69, 9.17) is 4.74 Å². The number of rotatable bonds is 8. The van der Waals surface area contributed by atoms with Gasteiger partial charge in [-0.25, -0.2) is 0 Å². The standard InChI is InChI=1S/C11H20N6O2/c1-4-12-8(18)7-14-10-15-9(13-5-2)16-11(17-10)19-6-3/h4-7H2,1-3H3,(H,12,18)(H2,13,14,15,16,17). The fraction of sp³-hybridized carbons (Fsp3) is 0.636. The minimum Gasteiger partial charge on any atom is -0.464 e. The van der Waals surface area contributed by atoms with E-state index < -0.39 is 0 Å². The van der Waals surface area contributed by atoms with Crippen LogP contribution in [0.1, 0.15) is 20.8 Å². The molecule has 0 bridgehead atoms. The molecular weight excluding hydrogens is 248 g/mol. The Balaban J connectivity index is 2.72. The van der Waals surface area contributed by atoms with E-state index in [1.54, 1.807) is 0 Å². The summed E-state index contributed by atoms with van der Waals surface area (Å²) in [5.74, 6) is 0.603. The number of amides is 1. The van der Waals surface area contributed by atoms with Crippen molar-refractivity contribution < 1.29 is 9.53 Å². The lowest BCUT2D eigenvalue weighted by Crippen LogP contribution is -2.30. The van der Waals surface area contributed by atoms with Crippen LogP contribution in [0.3, 0.4) is 0 Å². The molecule has 8 nitrogen and oxygen atoms in total. The van der Waals surface area contributed by atoms with Gasteiger partial charge in [0.1, 0.15) is 0 Å². The monoisotopic (exact) mass is 268 g/mol. The summed E-state index contributed by atoms with van der Waals surface area (Å²) in [6.07, 6.45) is 0. The van der Waals surface area contributed by atoms with Crippen molar-refractivity contribution in [2.45, 2.75) is 20.8 Å². The lowest BCUT2D eigenvalue weighted by atomic mass is 10.5. The van der Waals surface area contributed by atoms with Crippen LogP contribution in [0.15, 0.2) is 0 Å². The van der Waals surface area contributed by atoms with Crippen molar-refractivity contribution >= 4 is 17.8 Å². The summed E-state index contributed by atoms with van der Waals surface area (Å²) in [6, 6.07) is 0.229. The molecule has 19 heavy (non-hydrogen) atoms. The number of ether oxygens (including phenoxy) is 1. The van der Waals surface area contributed by atoms with Gasteiger partial charge in [-0.15, -0.1) is 0 Å². The summed E-state index contributed by atoms with van der Waals surface area (Å²) in [5.41, 5.74) is 0. The second kappa shape index (κ2) is 8.06. The summed E-state index contributed by atoms with van der Waals surface area (Å²) < 4.78 is 5.25. The van der Waals surface area contributed by atoms with Crippen molar-refractivity contribution in [2.75, 3.05) is 36.9 Å². The van der Waals surface area contributed by atoms with E-state index in [2.05, 4.69) is 30.9 Å². The van der Waals surface area contributed by atoms with Gasteiger partial charge < -0.3 is 20.7 Å². The molecule has 1 amide bonds. The van der Waals surface area contributed by atoms with Crippen LogP contribution in [0.4, 0.5) is 11.9 Å². The topological polar surface area (TPSA) is 101 Å². The van der Waals surface area contributed by atoms with Crippen molar-refractivity contribution in [1.82, 2.24) is 20.3 Å². The number of likely N-dealkylation sites (N-methyl/N-ethyl adjacent to an activating group) is 1. The third-order valence-electron chi connectivity index (χ3n) is 2.00. The summed E-state index contributed by atoms with van der Waals surface area (Å²) in [5, 5.41) is 8.49. The van der Waals surface area contributed by atoms with Gasteiger partial charge in [0.2, 0.25) is 17.8 Å². The Morgan fingerprint density at radius 3 is 2.32 bits per heavy atom. The number of aromatic nitrogens is 3. The van der Waals surface area contributed by atoms with E-state index in [0.29, 0.717) is 31.6 Å². The van der Waals surface area contributed by atoms with Crippen LogP contribution in [0.2, 0.25) is 0 Å². The Bertz CT molecular complexity index is 388. The molecule has 1 aromatic rings. The summed E-state index contributed by atoms with van der Waals surface area (Å²) >= 11 is 0. The molecule has 0 aliphatic carbocycles. The van der Waals surface area contributed by atoms with Crippen LogP contribution in [0, 0.1) is 0 Å². The van der Waals surface area contributed by atoms with E-state index in [1.165, 1.54) is 0 Å². The van der Waals surface area contributed by atoms with Gasteiger partial charge in [-0.3, -0.25) is 4.79 Å². The first-order chi connectivity index (χ1) is 9.19. The molecule has 0 unspecified atom stereocenters. The zero-order valence-corrected chi connectivity index (χ0v) is 11.5. The number of carbonyl (C=O) groups excluding carboxylic acids is 1. The minimum absolute atomic E-state index is 0.106. The number of nitrogens with one attached hydrogen (secondary N) is 3. The van der Waals surface area contributed by atoms with E-state index in [9.17, 15) is 4.79 Å². The fourth-order valence-corrected chi connectivity index (χ4v) is 1.29. The molecule has 8 heteroatoms. The zero-order chi connectivity index (χ0) is 14.1. The van der Waals surface area contributed by atoms with Gasteiger partial charge in [0.25, 0.3) is 0 Å². The first kappa shape index (κ1) is 14.9. The molecule has 0 aliphatic heterocycles. The second-order valence-corrected chi connectivity index (χ2v) is 3.54. The van der Waals surface area contributed by atoms with Gasteiger partial charge in [0.05, 0.1) is 13.2 Å². The lowest BCUT2D eigenvalue weighted by molar-refractivity contribution is -0.119. The molecule has 0 radical (unpaired) electrons. The van der Waals surface area contributed by atoms with Gasteiger partial charge in [-0.2, -0.15) is 15.0 Å². The van der Waals surface area contributed by atoms with Gasteiger partial charge in [0.15, 0.2) is 0 Å². The van der Waals surface area contributed by atoms with E-state index in [1.807, 2.05) is 20.8 Å². The van der Waals surface area contributed by atoms with E-state index >= 15 is 0 Å². The molecule has 0 atom stereocenters. The van der Waals surface area contributed by atoms with Crippen LogP contribution in [-0.2, 0) is 4.79 Å². The van der Waals surface area contributed by atoms with Gasteiger partial charge in [0, 0.05) is 13.1 Å². The van der Waals surface area contributed by atoms with Crippen molar-refractivity contribution in [1.29, 1.82) is 0 Å². The Morgan fingerprint density at radius 2 is 1.74 bits per heavy atom. The maximum atomic E-state index is 11.3. The highest BCUT2D eigenvalue weighted by molar-refractivity contribution is 5.80. The number of carbonyl (C=O) groups is 1. The van der Waals surface area contributed by atoms with E-state index in [-0.39, 0.29) is 18.5 Å². The predicted molar refractivity (Wildman–Crippen MR) is 72.3 cm³/mol. The van der Waals surface area contributed by atoms with Crippen molar-refractivity contribution in [3.63, 3.8) is 0 Å². The Labute approximate surface area is 112 Å². The quantitative estimate of drug-likeness (QED) is 0.621. The Morgan fingerprint density at radius 1 is 1.05 bits per heavy atom. The second-order valence-electron chi connectivity index (χ2n) is 3.54. The van der Waals surface area contributed by atoms with Crippen LogP contribution < -0.4 is 20.7 Å². The van der Waals surface area contributed by atoms with Gasteiger partial charge in [-0.05, 0) is 20.8 Å². The summed E-state index contributed by atoms with van der Waals surface area (Å²) in [7, 11) is 0. The average molecular weight is 268 g/mol. The number of nitrogens with zero attached hydrogens (tertiary/aromatic N) is 3. The molecule has 0 aliphatic rings. The maximum Gasteiger partial charge on any atom is 0.323 e. The largest absolute Gasteiger partial charge is 0.464 e. The third kappa shape index (κ3) is 5.36. The molecule has 0 fully saturated rings. The number of hydrogen-bond acceptors (Lipinski definition) is 7. The number of hydrogen-bond donors (Lipinski definition) is 3. The van der Waals surface area contributed by atoms with Crippen molar-refractivity contribution in [2.24, 2.45) is 0 Å². The average Bonchev–Trinajstić information content (AvgIpc) is 2.37. The lowest BCUT2D eigenvalue weighted by Gasteiger charge is -2.09. The SMILES string of the molecule is CCNC(=O)CNc1nc(NCC)nc(OCC)n1. The van der Waals surface area contributed by atoms with Crippen LogP contribution in [-0.4, -0.2) is 47.1 Å². The number of anilines is 2. The maximum absolute atomic E-state index is 11.3.